The molecule has 0 bridgehead atoms. The molecular weight excluding hydrogens is 252 g/mol. The van der Waals surface area contributed by atoms with Crippen LogP contribution in [0.15, 0.2) is 11.3 Å². The normalized spacial score (nSPS) is 24.1. The van der Waals surface area contributed by atoms with Crippen molar-refractivity contribution >= 4 is 17.3 Å². The second-order valence-corrected chi connectivity index (χ2v) is 6.33. The van der Waals surface area contributed by atoms with Gasteiger partial charge in [0.1, 0.15) is 0 Å². The first-order chi connectivity index (χ1) is 9.31. The lowest BCUT2D eigenvalue weighted by Gasteiger charge is -2.33. The summed E-state index contributed by atoms with van der Waals surface area (Å²) in [5.74, 6) is 0. The largest absolute Gasteiger partial charge is 0.356 e. The summed E-state index contributed by atoms with van der Waals surface area (Å²) in [7, 11) is 0. The third-order valence-corrected chi connectivity index (χ3v) is 4.57. The molecule has 2 nitrogen and oxygen atoms in total. The lowest BCUT2D eigenvalue weighted by Crippen LogP contribution is -2.48. The molecule has 0 radical (unpaired) electrons. The van der Waals surface area contributed by atoms with Gasteiger partial charge in [-0.1, -0.05) is 45.4 Å². The van der Waals surface area contributed by atoms with Crippen LogP contribution < -0.4 is 10.6 Å². The second kappa shape index (κ2) is 7.88. The van der Waals surface area contributed by atoms with Crippen molar-refractivity contribution in [3.8, 4) is 0 Å². The van der Waals surface area contributed by atoms with Gasteiger partial charge in [0.05, 0.1) is 6.04 Å². The Balaban J connectivity index is 1.98. The van der Waals surface area contributed by atoms with Crippen molar-refractivity contribution < 1.29 is 0 Å². The van der Waals surface area contributed by atoms with Crippen LogP contribution in [0.3, 0.4) is 0 Å². The van der Waals surface area contributed by atoms with Crippen LogP contribution >= 0.6 is 12.2 Å². The fourth-order valence-corrected chi connectivity index (χ4v) is 3.52. The van der Waals surface area contributed by atoms with E-state index in [9.17, 15) is 0 Å². The summed E-state index contributed by atoms with van der Waals surface area (Å²) in [5.41, 5.74) is 3.08. The molecule has 1 aliphatic heterocycles. The van der Waals surface area contributed by atoms with E-state index in [-0.39, 0.29) is 0 Å². The van der Waals surface area contributed by atoms with Crippen molar-refractivity contribution in [2.45, 2.75) is 83.6 Å². The topological polar surface area (TPSA) is 24.1 Å². The van der Waals surface area contributed by atoms with Crippen LogP contribution in [0, 0.1) is 0 Å². The Bertz CT molecular complexity index is 336. The van der Waals surface area contributed by atoms with Gasteiger partial charge in [-0.2, -0.15) is 0 Å². The van der Waals surface area contributed by atoms with Gasteiger partial charge in [-0.15, -0.1) is 0 Å². The van der Waals surface area contributed by atoms with Gasteiger partial charge >= 0.3 is 0 Å². The Morgan fingerprint density at radius 3 is 2.63 bits per heavy atom. The zero-order chi connectivity index (χ0) is 13.5. The van der Waals surface area contributed by atoms with Gasteiger partial charge in [0, 0.05) is 5.70 Å². The first kappa shape index (κ1) is 14.8. The Morgan fingerprint density at radius 2 is 1.84 bits per heavy atom. The van der Waals surface area contributed by atoms with E-state index in [0.29, 0.717) is 6.04 Å². The van der Waals surface area contributed by atoms with Crippen LogP contribution in [0.2, 0.25) is 0 Å². The molecule has 1 atom stereocenters. The molecule has 0 aromatic carbocycles. The van der Waals surface area contributed by atoms with Crippen LogP contribution in [-0.2, 0) is 0 Å². The second-order valence-electron chi connectivity index (χ2n) is 5.92. The fraction of sp³-hybridized carbons (Fsp3) is 0.812. The van der Waals surface area contributed by atoms with E-state index in [1.165, 1.54) is 76.3 Å². The Morgan fingerprint density at radius 1 is 1.05 bits per heavy atom. The van der Waals surface area contributed by atoms with Crippen molar-refractivity contribution in [3.63, 3.8) is 0 Å². The summed E-state index contributed by atoms with van der Waals surface area (Å²) < 4.78 is 0. The summed E-state index contributed by atoms with van der Waals surface area (Å²) in [6.07, 6.45) is 14.5. The van der Waals surface area contributed by atoms with E-state index in [1.807, 2.05) is 0 Å². The molecule has 1 heterocycles. The summed E-state index contributed by atoms with van der Waals surface area (Å²) >= 11 is 5.37. The van der Waals surface area contributed by atoms with Crippen LogP contribution in [0.1, 0.15) is 77.6 Å². The average Bonchev–Trinajstić information content (AvgIpc) is 2.36. The molecule has 1 aliphatic carbocycles. The first-order valence-electron chi connectivity index (χ1n) is 8.10. The molecule has 0 fully saturated rings. The van der Waals surface area contributed by atoms with Crippen LogP contribution in [0.25, 0.3) is 0 Å². The van der Waals surface area contributed by atoms with Crippen molar-refractivity contribution in [2.24, 2.45) is 0 Å². The molecule has 108 valence electrons. The molecule has 2 aliphatic rings. The Kier molecular flexibility index (Phi) is 6.15. The molecule has 1 unspecified atom stereocenters. The summed E-state index contributed by atoms with van der Waals surface area (Å²) in [6.45, 7) is 2.27. The van der Waals surface area contributed by atoms with Gasteiger partial charge in [-0.3, -0.25) is 0 Å². The minimum Gasteiger partial charge on any atom is -0.356 e. The maximum Gasteiger partial charge on any atom is 0.171 e. The van der Waals surface area contributed by atoms with E-state index < -0.39 is 0 Å². The molecule has 2 N–H and O–H groups in total. The monoisotopic (exact) mass is 280 g/mol. The molecular formula is C16H28N2S. The molecule has 0 aromatic heterocycles. The quantitative estimate of drug-likeness (QED) is 0.576. The van der Waals surface area contributed by atoms with Crippen LogP contribution in [0.5, 0.6) is 0 Å². The van der Waals surface area contributed by atoms with Crippen molar-refractivity contribution in [3.05, 3.63) is 11.3 Å². The average molecular weight is 280 g/mol. The molecule has 0 amide bonds. The van der Waals surface area contributed by atoms with E-state index in [1.54, 1.807) is 5.57 Å². The highest BCUT2D eigenvalue weighted by atomic mass is 32.1. The number of hydrogen-bond donors (Lipinski definition) is 2. The van der Waals surface area contributed by atoms with Crippen LogP contribution in [0.4, 0.5) is 0 Å². The maximum atomic E-state index is 5.37. The molecule has 2 rings (SSSR count). The third kappa shape index (κ3) is 4.48. The lowest BCUT2D eigenvalue weighted by atomic mass is 9.89. The molecule has 3 heteroatoms. The smallest absolute Gasteiger partial charge is 0.171 e. The standard InChI is InChI=1S/C16H28N2S/c1-2-3-4-8-11-14-13-10-7-5-6-9-12-15(13)18-16(19)17-14/h14H,2-12H2,1H3,(H2,17,18,19). The van der Waals surface area contributed by atoms with Crippen molar-refractivity contribution in [2.75, 3.05) is 0 Å². The Labute approximate surface area is 123 Å². The molecule has 19 heavy (non-hydrogen) atoms. The molecule has 0 saturated carbocycles. The van der Waals surface area contributed by atoms with E-state index in [4.69, 9.17) is 12.2 Å². The van der Waals surface area contributed by atoms with Gasteiger partial charge in [-0.05, 0) is 49.9 Å². The first-order valence-corrected chi connectivity index (χ1v) is 8.51. The van der Waals surface area contributed by atoms with E-state index in [2.05, 4.69) is 17.6 Å². The summed E-state index contributed by atoms with van der Waals surface area (Å²) in [4.78, 5) is 0. The molecule has 0 aromatic rings. The zero-order valence-electron chi connectivity index (χ0n) is 12.3. The van der Waals surface area contributed by atoms with E-state index in [0.717, 1.165) is 5.11 Å². The van der Waals surface area contributed by atoms with Gasteiger partial charge in [0.25, 0.3) is 0 Å². The summed E-state index contributed by atoms with van der Waals surface area (Å²) in [5, 5.41) is 7.77. The van der Waals surface area contributed by atoms with Crippen molar-refractivity contribution in [1.82, 2.24) is 10.6 Å². The molecule has 0 saturated heterocycles. The number of thiocarbonyl (C=S) groups is 1. The molecule has 0 spiro atoms. The van der Waals surface area contributed by atoms with Gasteiger partial charge in [0.15, 0.2) is 5.11 Å². The number of hydrogen-bond acceptors (Lipinski definition) is 1. The lowest BCUT2D eigenvalue weighted by molar-refractivity contribution is 0.499. The third-order valence-electron chi connectivity index (χ3n) is 4.35. The highest BCUT2D eigenvalue weighted by Gasteiger charge is 2.24. The number of allylic oxidation sites excluding steroid dienone is 1. The Hall–Kier alpha value is -0.570. The minimum atomic E-state index is 0.513. The number of rotatable bonds is 5. The minimum absolute atomic E-state index is 0.513. The number of unbranched alkanes of at least 4 members (excludes halogenated alkanes) is 3. The van der Waals surface area contributed by atoms with E-state index >= 15 is 0 Å². The van der Waals surface area contributed by atoms with Gasteiger partial charge in [-0.25, -0.2) is 0 Å². The number of nitrogens with one attached hydrogen (secondary N) is 2. The maximum absolute atomic E-state index is 5.37. The highest BCUT2D eigenvalue weighted by molar-refractivity contribution is 7.80. The zero-order valence-corrected chi connectivity index (χ0v) is 13.1. The van der Waals surface area contributed by atoms with Gasteiger partial charge < -0.3 is 10.6 Å². The summed E-state index contributed by atoms with van der Waals surface area (Å²) in [6, 6.07) is 0.513. The van der Waals surface area contributed by atoms with Crippen LogP contribution in [-0.4, -0.2) is 11.2 Å². The predicted octanol–water partition coefficient (Wildman–Crippen LogP) is 4.41. The van der Waals surface area contributed by atoms with Crippen molar-refractivity contribution in [1.29, 1.82) is 0 Å². The predicted molar refractivity (Wildman–Crippen MR) is 86.1 cm³/mol. The SMILES string of the molecule is CCCCCCC1NC(=S)NC2=C1CCCCCC2. The fourth-order valence-electron chi connectivity index (χ4n) is 3.25. The van der Waals surface area contributed by atoms with Gasteiger partial charge in [0.2, 0.25) is 0 Å². The highest BCUT2D eigenvalue weighted by Crippen LogP contribution is 2.28.